The number of esters is 1. The third kappa shape index (κ3) is 3.79. The lowest BCUT2D eigenvalue weighted by molar-refractivity contribution is -0.142. The molecule has 76 valence electrons. The lowest BCUT2D eigenvalue weighted by Crippen LogP contribution is -2.15. The van der Waals surface area contributed by atoms with Gasteiger partial charge in [0, 0.05) is 6.42 Å². The molecule has 0 N–H and O–H groups in total. The van der Waals surface area contributed by atoms with E-state index in [0.29, 0.717) is 6.61 Å². The molecule has 1 unspecified atom stereocenters. The largest absolute Gasteiger partial charge is 0.464 e. The van der Waals surface area contributed by atoms with Crippen LogP contribution in [0.1, 0.15) is 12.5 Å². The topological polar surface area (TPSA) is 26.3 Å². The van der Waals surface area contributed by atoms with Gasteiger partial charge in [-0.25, -0.2) is 0 Å². The Hall–Kier alpha value is -1.02. The Balaban J connectivity index is 2.26. The number of halogens is 1. The second kappa shape index (κ2) is 5.66. The van der Waals surface area contributed by atoms with Gasteiger partial charge in [-0.1, -0.05) is 30.3 Å². The van der Waals surface area contributed by atoms with Crippen molar-refractivity contribution in [2.75, 3.05) is 6.61 Å². The molecule has 0 spiro atoms. The molecule has 14 heavy (non-hydrogen) atoms. The van der Waals surface area contributed by atoms with Gasteiger partial charge in [0.2, 0.25) is 0 Å². The minimum Gasteiger partial charge on any atom is -0.464 e. The zero-order valence-corrected chi connectivity index (χ0v) is 8.83. The maximum absolute atomic E-state index is 11.0. The van der Waals surface area contributed by atoms with E-state index in [1.54, 1.807) is 6.92 Å². The molecule has 2 nitrogen and oxygen atoms in total. The van der Waals surface area contributed by atoms with Crippen molar-refractivity contribution in [3.63, 3.8) is 0 Å². The van der Waals surface area contributed by atoms with E-state index in [1.807, 2.05) is 30.3 Å². The van der Waals surface area contributed by atoms with Gasteiger partial charge in [-0.15, -0.1) is 11.6 Å². The summed E-state index contributed by atoms with van der Waals surface area (Å²) in [4.78, 5) is 11.0. The van der Waals surface area contributed by atoms with Gasteiger partial charge in [0.25, 0.3) is 0 Å². The average Bonchev–Trinajstić information content (AvgIpc) is 2.19. The van der Waals surface area contributed by atoms with Gasteiger partial charge in [-0.3, -0.25) is 4.79 Å². The van der Waals surface area contributed by atoms with E-state index in [1.165, 1.54) is 0 Å². The number of carbonyl (C=O) groups excluding carboxylic acids is 1. The molecule has 0 saturated carbocycles. The average molecular weight is 213 g/mol. The van der Waals surface area contributed by atoms with Gasteiger partial charge >= 0.3 is 5.97 Å². The Bertz CT molecular complexity index is 283. The number of hydrogen-bond acceptors (Lipinski definition) is 2. The summed E-state index contributed by atoms with van der Waals surface area (Å²) >= 11 is 5.54. The number of ether oxygens (including phenoxy) is 1. The molecule has 1 atom stereocenters. The van der Waals surface area contributed by atoms with Crippen LogP contribution in [0.3, 0.4) is 0 Å². The monoisotopic (exact) mass is 212 g/mol. The number of benzene rings is 1. The third-order valence-corrected chi connectivity index (χ3v) is 1.98. The summed E-state index contributed by atoms with van der Waals surface area (Å²) in [6.45, 7) is 1.99. The van der Waals surface area contributed by atoms with E-state index in [4.69, 9.17) is 16.3 Å². The zero-order valence-electron chi connectivity index (χ0n) is 8.07. The molecule has 0 fully saturated rings. The van der Waals surface area contributed by atoms with Crippen molar-refractivity contribution in [3.05, 3.63) is 35.9 Å². The van der Waals surface area contributed by atoms with Crippen LogP contribution >= 0.6 is 11.6 Å². The molecule has 0 amide bonds. The predicted octanol–water partition coefficient (Wildman–Crippen LogP) is 2.40. The SMILES string of the molecule is CC(Cl)C(=O)OCCc1ccccc1. The molecule has 0 aliphatic heterocycles. The third-order valence-electron chi connectivity index (χ3n) is 1.80. The zero-order chi connectivity index (χ0) is 10.4. The molecule has 3 heteroatoms. The van der Waals surface area contributed by atoms with Gasteiger partial charge in [0.05, 0.1) is 6.61 Å². The van der Waals surface area contributed by atoms with Gasteiger partial charge in [-0.2, -0.15) is 0 Å². The quantitative estimate of drug-likeness (QED) is 0.566. The summed E-state index contributed by atoms with van der Waals surface area (Å²) < 4.78 is 4.94. The Morgan fingerprint density at radius 2 is 2.07 bits per heavy atom. The first-order valence-corrected chi connectivity index (χ1v) is 4.98. The number of alkyl halides is 1. The first-order valence-electron chi connectivity index (χ1n) is 4.55. The molecule has 0 aromatic heterocycles. The highest BCUT2D eigenvalue weighted by molar-refractivity contribution is 6.29. The summed E-state index contributed by atoms with van der Waals surface area (Å²) in [6, 6.07) is 9.87. The summed E-state index contributed by atoms with van der Waals surface area (Å²) in [5.74, 6) is -0.359. The van der Waals surface area contributed by atoms with Gasteiger partial charge in [-0.05, 0) is 12.5 Å². The maximum atomic E-state index is 11.0. The molecular weight excluding hydrogens is 200 g/mol. The van der Waals surface area contributed by atoms with Crippen molar-refractivity contribution < 1.29 is 9.53 Å². The molecule has 0 radical (unpaired) electrons. The normalized spacial score (nSPS) is 12.1. The van der Waals surface area contributed by atoms with Crippen LogP contribution in [0.2, 0.25) is 0 Å². The first kappa shape index (κ1) is 11.1. The fraction of sp³-hybridized carbons (Fsp3) is 0.364. The smallest absolute Gasteiger partial charge is 0.323 e. The van der Waals surface area contributed by atoms with Crippen LogP contribution in [0.25, 0.3) is 0 Å². The van der Waals surface area contributed by atoms with Crippen LogP contribution in [0.15, 0.2) is 30.3 Å². The molecule has 1 aromatic rings. The minimum absolute atomic E-state index is 0.359. The van der Waals surface area contributed by atoms with E-state index < -0.39 is 5.38 Å². The standard InChI is InChI=1S/C11H13ClO2/c1-9(12)11(13)14-8-7-10-5-3-2-4-6-10/h2-6,9H,7-8H2,1H3. The number of rotatable bonds is 4. The highest BCUT2D eigenvalue weighted by atomic mass is 35.5. The molecular formula is C11H13ClO2. The fourth-order valence-corrected chi connectivity index (χ4v) is 1.09. The van der Waals surface area contributed by atoms with Crippen molar-refractivity contribution in [2.24, 2.45) is 0 Å². The van der Waals surface area contributed by atoms with Gasteiger partial charge in [0.1, 0.15) is 5.38 Å². The van der Waals surface area contributed by atoms with Gasteiger partial charge < -0.3 is 4.74 Å². The lowest BCUT2D eigenvalue weighted by Gasteiger charge is -2.05. The van der Waals surface area contributed by atoms with E-state index in [2.05, 4.69) is 0 Å². The Morgan fingerprint density at radius 1 is 1.43 bits per heavy atom. The van der Waals surface area contributed by atoms with Crippen LogP contribution in [-0.4, -0.2) is 18.0 Å². The first-order chi connectivity index (χ1) is 6.70. The summed E-state index contributed by atoms with van der Waals surface area (Å²) in [6.07, 6.45) is 0.732. The van der Waals surface area contributed by atoms with Crippen molar-refractivity contribution in [3.8, 4) is 0 Å². The molecule has 0 aliphatic rings. The number of hydrogen-bond donors (Lipinski definition) is 0. The molecule has 0 bridgehead atoms. The number of carbonyl (C=O) groups is 1. The minimum atomic E-state index is -0.564. The van der Waals surface area contributed by atoms with Crippen LogP contribution in [-0.2, 0) is 16.0 Å². The van der Waals surface area contributed by atoms with Crippen molar-refractivity contribution in [1.82, 2.24) is 0 Å². The van der Waals surface area contributed by atoms with Crippen LogP contribution in [0.5, 0.6) is 0 Å². The van der Waals surface area contributed by atoms with E-state index in [-0.39, 0.29) is 5.97 Å². The molecule has 0 heterocycles. The Morgan fingerprint density at radius 3 is 2.64 bits per heavy atom. The lowest BCUT2D eigenvalue weighted by atomic mass is 10.2. The molecule has 1 rings (SSSR count). The van der Waals surface area contributed by atoms with Gasteiger partial charge in [0.15, 0.2) is 0 Å². The second-order valence-electron chi connectivity index (χ2n) is 3.02. The van der Waals surface area contributed by atoms with E-state index in [0.717, 1.165) is 12.0 Å². The maximum Gasteiger partial charge on any atom is 0.323 e. The highest BCUT2D eigenvalue weighted by Gasteiger charge is 2.09. The second-order valence-corrected chi connectivity index (χ2v) is 3.67. The Labute approximate surface area is 88.8 Å². The van der Waals surface area contributed by atoms with Crippen molar-refractivity contribution >= 4 is 17.6 Å². The van der Waals surface area contributed by atoms with E-state index >= 15 is 0 Å². The van der Waals surface area contributed by atoms with E-state index in [9.17, 15) is 4.79 Å². The van der Waals surface area contributed by atoms with Crippen LogP contribution in [0.4, 0.5) is 0 Å². The summed E-state index contributed by atoms with van der Waals surface area (Å²) in [7, 11) is 0. The molecule has 0 saturated heterocycles. The molecule has 1 aromatic carbocycles. The van der Waals surface area contributed by atoms with Crippen molar-refractivity contribution in [1.29, 1.82) is 0 Å². The predicted molar refractivity (Wildman–Crippen MR) is 56.4 cm³/mol. The Kier molecular flexibility index (Phi) is 4.47. The fourth-order valence-electron chi connectivity index (χ4n) is 1.03. The van der Waals surface area contributed by atoms with Crippen molar-refractivity contribution in [2.45, 2.75) is 18.7 Å². The summed E-state index contributed by atoms with van der Waals surface area (Å²) in [5, 5.41) is -0.564. The summed E-state index contributed by atoms with van der Waals surface area (Å²) in [5.41, 5.74) is 1.16. The van der Waals surface area contributed by atoms with Crippen LogP contribution in [0, 0.1) is 0 Å². The highest BCUT2D eigenvalue weighted by Crippen LogP contribution is 2.01. The molecule has 0 aliphatic carbocycles. The van der Waals surface area contributed by atoms with Crippen LogP contribution < -0.4 is 0 Å².